The molecular weight excluding hydrogens is 266 g/mol. The third-order valence-electron chi connectivity index (χ3n) is 2.95. The zero-order valence-corrected chi connectivity index (χ0v) is 11.4. The topological polar surface area (TPSA) is 21.3 Å². The highest BCUT2D eigenvalue weighted by atomic mass is 79.9. The third kappa shape index (κ3) is 2.65. The molecule has 1 aliphatic heterocycles. The van der Waals surface area contributed by atoms with E-state index in [9.17, 15) is 0 Å². The van der Waals surface area contributed by atoms with Crippen LogP contribution in [0.5, 0.6) is 0 Å². The molecule has 1 aromatic carbocycles. The lowest BCUT2D eigenvalue weighted by Crippen LogP contribution is -2.33. The van der Waals surface area contributed by atoms with Gasteiger partial charge in [-0.25, -0.2) is 0 Å². The van der Waals surface area contributed by atoms with Crippen LogP contribution in [0.15, 0.2) is 22.7 Å². The van der Waals surface area contributed by atoms with E-state index >= 15 is 0 Å². The number of morpholine rings is 1. The van der Waals surface area contributed by atoms with Gasteiger partial charge in [-0.1, -0.05) is 35.8 Å². The number of hydrogen-bond acceptors (Lipinski definition) is 2. The second kappa shape index (κ2) is 5.30. The first-order valence-electron chi connectivity index (χ1n) is 5.80. The summed E-state index contributed by atoms with van der Waals surface area (Å²) in [6.45, 7) is 7.12. The third-order valence-corrected chi connectivity index (χ3v) is 3.44. The number of benzene rings is 1. The van der Waals surface area contributed by atoms with Crippen LogP contribution in [0.1, 0.15) is 37.0 Å². The van der Waals surface area contributed by atoms with E-state index in [1.807, 2.05) is 0 Å². The summed E-state index contributed by atoms with van der Waals surface area (Å²) < 4.78 is 6.95. The van der Waals surface area contributed by atoms with Crippen molar-refractivity contribution in [2.24, 2.45) is 0 Å². The van der Waals surface area contributed by atoms with Gasteiger partial charge in [-0.3, -0.25) is 0 Å². The molecule has 0 amide bonds. The van der Waals surface area contributed by atoms with Crippen molar-refractivity contribution in [1.82, 2.24) is 5.32 Å². The first-order chi connectivity index (χ1) is 7.68. The van der Waals surface area contributed by atoms with Crippen molar-refractivity contribution in [3.8, 4) is 0 Å². The van der Waals surface area contributed by atoms with Gasteiger partial charge < -0.3 is 10.1 Å². The normalized spacial score (nSPS) is 21.4. The summed E-state index contributed by atoms with van der Waals surface area (Å²) in [5, 5.41) is 3.38. The van der Waals surface area contributed by atoms with Gasteiger partial charge in [0.25, 0.3) is 0 Å². The molecule has 0 spiro atoms. The highest BCUT2D eigenvalue weighted by Gasteiger charge is 2.20. The Morgan fingerprint density at radius 2 is 2.25 bits per heavy atom. The summed E-state index contributed by atoms with van der Waals surface area (Å²) in [4.78, 5) is 0. The fourth-order valence-electron chi connectivity index (χ4n) is 2.12. The van der Waals surface area contributed by atoms with E-state index in [0.29, 0.717) is 5.92 Å². The minimum absolute atomic E-state index is 0.198. The van der Waals surface area contributed by atoms with Gasteiger partial charge in [0, 0.05) is 17.6 Å². The van der Waals surface area contributed by atoms with Gasteiger partial charge in [-0.15, -0.1) is 0 Å². The highest BCUT2D eigenvalue weighted by Crippen LogP contribution is 2.30. The summed E-state index contributed by atoms with van der Waals surface area (Å²) in [6.07, 6.45) is 0.198. The van der Waals surface area contributed by atoms with Crippen LogP contribution in [0.25, 0.3) is 0 Å². The molecular formula is C13H18BrNO. The number of ether oxygens (including phenoxy) is 1. The summed E-state index contributed by atoms with van der Waals surface area (Å²) in [5.74, 6) is 0.536. The van der Waals surface area contributed by atoms with Gasteiger partial charge in [0.2, 0.25) is 0 Å². The van der Waals surface area contributed by atoms with Crippen molar-refractivity contribution in [3.63, 3.8) is 0 Å². The van der Waals surface area contributed by atoms with Crippen molar-refractivity contribution in [2.75, 3.05) is 19.7 Å². The SMILES string of the molecule is CC(C)c1ccc(Br)cc1C1CNCCO1. The van der Waals surface area contributed by atoms with Crippen LogP contribution in [-0.2, 0) is 4.74 Å². The van der Waals surface area contributed by atoms with Crippen LogP contribution < -0.4 is 5.32 Å². The number of nitrogens with one attached hydrogen (secondary N) is 1. The van der Waals surface area contributed by atoms with E-state index in [2.05, 4.69) is 53.3 Å². The van der Waals surface area contributed by atoms with Crippen LogP contribution in [0.3, 0.4) is 0 Å². The summed E-state index contributed by atoms with van der Waals surface area (Å²) >= 11 is 3.54. The predicted molar refractivity (Wildman–Crippen MR) is 69.8 cm³/mol. The molecule has 0 aromatic heterocycles. The van der Waals surface area contributed by atoms with E-state index in [1.54, 1.807) is 0 Å². The monoisotopic (exact) mass is 283 g/mol. The molecule has 2 nitrogen and oxygen atoms in total. The average Bonchev–Trinajstić information content (AvgIpc) is 2.29. The standard InChI is InChI=1S/C13H18BrNO/c1-9(2)11-4-3-10(14)7-12(11)13-8-15-5-6-16-13/h3-4,7,9,13,15H,5-6,8H2,1-2H3. The molecule has 1 saturated heterocycles. The molecule has 3 heteroatoms. The van der Waals surface area contributed by atoms with E-state index in [0.717, 1.165) is 24.2 Å². The molecule has 1 N–H and O–H groups in total. The number of hydrogen-bond donors (Lipinski definition) is 1. The second-order valence-corrected chi connectivity index (χ2v) is 5.41. The highest BCUT2D eigenvalue weighted by molar-refractivity contribution is 9.10. The molecule has 0 radical (unpaired) electrons. The number of halogens is 1. The first kappa shape index (κ1) is 12.1. The molecule has 1 atom stereocenters. The van der Waals surface area contributed by atoms with Crippen molar-refractivity contribution >= 4 is 15.9 Å². The predicted octanol–water partition coefficient (Wildman–Crippen LogP) is 3.23. The maximum absolute atomic E-state index is 5.83. The van der Waals surface area contributed by atoms with Crippen LogP contribution in [-0.4, -0.2) is 19.7 Å². The van der Waals surface area contributed by atoms with E-state index in [-0.39, 0.29) is 6.10 Å². The molecule has 16 heavy (non-hydrogen) atoms. The molecule has 88 valence electrons. The Morgan fingerprint density at radius 1 is 1.44 bits per heavy atom. The van der Waals surface area contributed by atoms with Crippen LogP contribution >= 0.6 is 15.9 Å². The summed E-state index contributed by atoms with van der Waals surface area (Å²) in [7, 11) is 0. The maximum Gasteiger partial charge on any atom is 0.0953 e. The largest absolute Gasteiger partial charge is 0.371 e. The molecule has 1 aromatic rings. The Bertz CT molecular complexity index is 359. The Labute approximate surface area is 106 Å². The van der Waals surface area contributed by atoms with Crippen LogP contribution in [0.4, 0.5) is 0 Å². The smallest absolute Gasteiger partial charge is 0.0953 e. The summed E-state index contributed by atoms with van der Waals surface area (Å²) in [5.41, 5.74) is 2.70. The van der Waals surface area contributed by atoms with Gasteiger partial charge >= 0.3 is 0 Å². The van der Waals surface area contributed by atoms with E-state index < -0.39 is 0 Å². The molecule has 1 aliphatic rings. The average molecular weight is 284 g/mol. The van der Waals surface area contributed by atoms with Gasteiger partial charge in [-0.05, 0) is 29.2 Å². The van der Waals surface area contributed by atoms with Crippen molar-refractivity contribution in [3.05, 3.63) is 33.8 Å². The fourth-order valence-corrected chi connectivity index (χ4v) is 2.49. The lowest BCUT2D eigenvalue weighted by molar-refractivity contribution is 0.0270. The van der Waals surface area contributed by atoms with Gasteiger partial charge in [0.05, 0.1) is 12.7 Å². The van der Waals surface area contributed by atoms with Crippen molar-refractivity contribution in [2.45, 2.75) is 25.9 Å². The lowest BCUT2D eigenvalue weighted by atomic mass is 9.93. The second-order valence-electron chi connectivity index (χ2n) is 4.49. The molecule has 1 heterocycles. The van der Waals surface area contributed by atoms with Crippen molar-refractivity contribution in [1.29, 1.82) is 0 Å². The Balaban J connectivity index is 2.32. The molecule has 0 bridgehead atoms. The number of rotatable bonds is 2. The van der Waals surface area contributed by atoms with Gasteiger partial charge in [0.1, 0.15) is 0 Å². The minimum Gasteiger partial charge on any atom is -0.371 e. The van der Waals surface area contributed by atoms with Gasteiger partial charge in [-0.2, -0.15) is 0 Å². The zero-order valence-electron chi connectivity index (χ0n) is 9.79. The quantitative estimate of drug-likeness (QED) is 0.900. The molecule has 0 saturated carbocycles. The minimum atomic E-state index is 0.198. The zero-order chi connectivity index (χ0) is 11.5. The molecule has 1 fully saturated rings. The first-order valence-corrected chi connectivity index (χ1v) is 6.59. The van der Waals surface area contributed by atoms with E-state index in [4.69, 9.17) is 4.74 Å². The fraction of sp³-hybridized carbons (Fsp3) is 0.538. The van der Waals surface area contributed by atoms with Crippen LogP contribution in [0.2, 0.25) is 0 Å². The van der Waals surface area contributed by atoms with E-state index in [1.165, 1.54) is 11.1 Å². The van der Waals surface area contributed by atoms with Crippen LogP contribution in [0, 0.1) is 0 Å². The maximum atomic E-state index is 5.83. The molecule has 0 aliphatic carbocycles. The molecule has 2 rings (SSSR count). The van der Waals surface area contributed by atoms with Crippen molar-refractivity contribution < 1.29 is 4.74 Å². The Morgan fingerprint density at radius 3 is 2.88 bits per heavy atom. The summed E-state index contributed by atoms with van der Waals surface area (Å²) in [6, 6.07) is 6.49. The van der Waals surface area contributed by atoms with Gasteiger partial charge in [0.15, 0.2) is 0 Å². The molecule has 1 unspecified atom stereocenters. The Hall–Kier alpha value is -0.380. The lowest BCUT2D eigenvalue weighted by Gasteiger charge is -2.27. The Kier molecular flexibility index (Phi) is 4.00.